The predicted molar refractivity (Wildman–Crippen MR) is 98.0 cm³/mol. The van der Waals surface area contributed by atoms with Crippen LogP contribution in [0.15, 0.2) is 42.5 Å². The number of aryl methyl sites for hydroxylation is 3. The molecule has 6 heteroatoms. The molecule has 0 aliphatic heterocycles. The molecular formula is C20H21FN4O. The van der Waals surface area contributed by atoms with Crippen molar-refractivity contribution in [3.63, 3.8) is 0 Å². The van der Waals surface area contributed by atoms with Crippen LogP contribution < -0.4 is 5.32 Å². The van der Waals surface area contributed by atoms with Crippen molar-refractivity contribution in [2.24, 2.45) is 0 Å². The van der Waals surface area contributed by atoms with Gasteiger partial charge in [-0.1, -0.05) is 29.8 Å². The molecule has 5 nitrogen and oxygen atoms in total. The Morgan fingerprint density at radius 2 is 1.81 bits per heavy atom. The maximum absolute atomic E-state index is 12.9. The number of rotatable bonds is 5. The first kappa shape index (κ1) is 17.8. The van der Waals surface area contributed by atoms with Gasteiger partial charge in [-0.3, -0.25) is 4.79 Å². The number of halogens is 1. The molecule has 26 heavy (non-hydrogen) atoms. The highest BCUT2D eigenvalue weighted by Gasteiger charge is 2.16. The monoisotopic (exact) mass is 352 g/mol. The highest BCUT2D eigenvalue weighted by Crippen LogP contribution is 2.15. The first-order valence-electron chi connectivity index (χ1n) is 8.48. The minimum Gasteiger partial charge on any atom is -0.350 e. The Morgan fingerprint density at radius 1 is 1.08 bits per heavy atom. The molecule has 0 saturated heterocycles. The minimum atomic E-state index is -0.267. The number of carbonyl (C=O) groups excluding carboxylic acids is 1. The zero-order chi connectivity index (χ0) is 18.7. The molecule has 0 atom stereocenters. The van der Waals surface area contributed by atoms with Gasteiger partial charge in [0, 0.05) is 6.54 Å². The molecule has 0 aliphatic carbocycles. The van der Waals surface area contributed by atoms with Crippen LogP contribution in [0.3, 0.4) is 0 Å². The summed E-state index contributed by atoms with van der Waals surface area (Å²) in [5.74, 6) is -0.531. The van der Waals surface area contributed by atoms with Crippen LogP contribution in [0.4, 0.5) is 4.39 Å². The van der Waals surface area contributed by atoms with Crippen LogP contribution in [0, 0.1) is 26.6 Å². The summed E-state index contributed by atoms with van der Waals surface area (Å²) in [6.07, 6.45) is 0.621. The van der Waals surface area contributed by atoms with Crippen LogP contribution in [-0.2, 0) is 6.42 Å². The van der Waals surface area contributed by atoms with E-state index in [1.165, 1.54) is 16.9 Å². The average molecular weight is 352 g/mol. The van der Waals surface area contributed by atoms with Crippen molar-refractivity contribution in [1.29, 1.82) is 0 Å². The molecule has 0 fully saturated rings. The van der Waals surface area contributed by atoms with Crippen molar-refractivity contribution in [1.82, 2.24) is 20.3 Å². The van der Waals surface area contributed by atoms with Crippen LogP contribution in [0.25, 0.3) is 5.69 Å². The first-order valence-corrected chi connectivity index (χ1v) is 8.48. The van der Waals surface area contributed by atoms with Gasteiger partial charge in [0.1, 0.15) is 5.82 Å². The van der Waals surface area contributed by atoms with E-state index in [1.807, 2.05) is 26.0 Å². The first-order chi connectivity index (χ1) is 12.4. The van der Waals surface area contributed by atoms with Gasteiger partial charge in [0.15, 0.2) is 5.69 Å². The zero-order valence-corrected chi connectivity index (χ0v) is 15.1. The van der Waals surface area contributed by atoms with Gasteiger partial charge in [-0.05, 0) is 56.5 Å². The Bertz CT molecular complexity index is 931. The molecule has 1 N–H and O–H groups in total. The van der Waals surface area contributed by atoms with Gasteiger partial charge >= 0.3 is 0 Å². The largest absolute Gasteiger partial charge is 0.350 e. The molecule has 0 aliphatic rings. The standard InChI is InChI=1S/C20H21FN4O/c1-13-4-9-18(14(2)12-13)25-23-15(3)19(24-25)20(26)22-11-10-16-5-7-17(21)8-6-16/h4-9,12H,10-11H2,1-3H3,(H,22,26). The normalized spacial score (nSPS) is 10.8. The van der Waals surface area contributed by atoms with Crippen LogP contribution in [-0.4, -0.2) is 27.4 Å². The molecule has 3 rings (SSSR count). The van der Waals surface area contributed by atoms with E-state index in [0.717, 1.165) is 22.4 Å². The molecule has 0 unspecified atom stereocenters. The number of benzene rings is 2. The lowest BCUT2D eigenvalue weighted by molar-refractivity contribution is 0.0948. The molecule has 1 amide bonds. The van der Waals surface area contributed by atoms with E-state index in [0.29, 0.717) is 24.4 Å². The zero-order valence-electron chi connectivity index (χ0n) is 15.1. The molecular weight excluding hydrogens is 331 g/mol. The third-order valence-corrected chi connectivity index (χ3v) is 4.18. The van der Waals surface area contributed by atoms with Crippen LogP contribution in [0.1, 0.15) is 32.9 Å². The second-order valence-corrected chi connectivity index (χ2v) is 6.35. The van der Waals surface area contributed by atoms with Crippen molar-refractivity contribution in [2.45, 2.75) is 27.2 Å². The lowest BCUT2D eigenvalue weighted by Crippen LogP contribution is -2.26. The number of amides is 1. The molecule has 0 saturated carbocycles. The summed E-state index contributed by atoms with van der Waals surface area (Å²) < 4.78 is 12.9. The van der Waals surface area contributed by atoms with Crippen molar-refractivity contribution < 1.29 is 9.18 Å². The summed E-state index contributed by atoms with van der Waals surface area (Å²) in [4.78, 5) is 13.9. The third-order valence-electron chi connectivity index (χ3n) is 4.18. The summed E-state index contributed by atoms with van der Waals surface area (Å²) in [5, 5.41) is 11.6. The van der Waals surface area contributed by atoms with Crippen LogP contribution in [0.5, 0.6) is 0 Å². The van der Waals surface area contributed by atoms with Crippen molar-refractivity contribution >= 4 is 5.91 Å². The molecule has 0 bridgehead atoms. The molecule has 1 aromatic heterocycles. The molecule has 3 aromatic rings. The Kier molecular flexibility index (Phi) is 5.11. The van der Waals surface area contributed by atoms with Crippen LogP contribution in [0.2, 0.25) is 0 Å². The van der Waals surface area contributed by atoms with E-state index in [2.05, 4.69) is 21.6 Å². The fraction of sp³-hybridized carbons (Fsp3) is 0.250. The van der Waals surface area contributed by atoms with Gasteiger partial charge in [0.25, 0.3) is 5.91 Å². The van der Waals surface area contributed by atoms with Gasteiger partial charge in [0.2, 0.25) is 0 Å². The van der Waals surface area contributed by atoms with E-state index in [4.69, 9.17) is 0 Å². The average Bonchev–Trinajstić information content (AvgIpc) is 2.98. The van der Waals surface area contributed by atoms with Crippen molar-refractivity contribution in [3.05, 3.63) is 76.4 Å². The number of carbonyl (C=O) groups is 1. The van der Waals surface area contributed by atoms with Crippen molar-refractivity contribution in [2.75, 3.05) is 6.54 Å². The smallest absolute Gasteiger partial charge is 0.273 e. The number of hydrogen-bond acceptors (Lipinski definition) is 3. The summed E-state index contributed by atoms with van der Waals surface area (Å²) in [6.45, 7) is 6.23. The summed E-state index contributed by atoms with van der Waals surface area (Å²) in [5.41, 5.74) is 4.90. The maximum Gasteiger partial charge on any atom is 0.273 e. The lowest BCUT2D eigenvalue weighted by atomic mass is 10.1. The number of hydrogen-bond donors (Lipinski definition) is 1. The Hall–Kier alpha value is -3.02. The fourth-order valence-electron chi connectivity index (χ4n) is 2.78. The molecule has 0 spiro atoms. The highest BCUT2D eigenvalue weighted by atomic mass is 19.1. The summed E-state index contributed by atoms with van der Waals surface area (Å²) >= 11 is 0. The van der Waals surface area contributed by atoms with Gasteiger partial charge in [-0.25, -0.2) is 4.39 Å². The van der Waals surface area contributed by atoms with Gasteiger partial charge in [0.05, 0.1) is 11.4 Å². The van der Waals surface area contributed by atoms with Gasteiger partial charge in [-0.15, -0.1) is 5.10 Å². The highest BCUT2D eigenvalue weighted by molar-refractivity contribution is 5.93. The van der Waals surface area contributed by atoms with E-state index in [9.17, 15) is 9.18 Å². The minimum absolute atomic E-state index is 0.263. The predicted octanol–water partition coefficient (Wildman–Crippen LogP) is 3.30. The Labute approximate surface area is 151 Å². The summed E-state index contributed by atoms with van der Waals surface area (Å²) in [7, 11) is 0. The Morgan fingerprint density at radius 3 is 2.50 bits per heavy atom. The molecule has 134 valence electrons. The number of aromatic nitrogens is 3. The lowest BCUT2D eigenvalue weighted by Gasteiger charge is -2.05. The van der Waals surface area contributed by atoms with E-state index in [1.54, 1.807) is 19.1 Å². The second kappa shape index (κ2) is 7.47. The van der Waals surface area contributed by atoms with Crippen LogP contribution >= 0.6 is 0 Å². The number of nitrogens with zero attached hydrogens (tertiary/aromatic N) is 3. The fourth-order valence-corrected chi connectivity index (χ4v) is 2.78. The van der Waals surface area contributed by atoms with E-state index >= 15 is 0 Å². The molecule has 1 heterocycles. The quantitative estimate of drug-likeness (QED) is 0.766. The third kappa shape index (κ3) is 3.96. The maximum atomic E-state index is 12.9. The Balaban J connectivity index is 1.68. The SMILES string of the molecule is Cc1ccc(-n2nc(C)c(C(=O)NCCc3ccc(F)cc3)n2)c(C)c1. The topological polar surface area (TPSA) is 59.8 Å². The summed E-state index contributed by atoms with van der Waals surface area (Å²) in [6, 6.07) is 12.2. The number of nitrogens with one attached hydrogen (secondary N) is 1. The molecule has 2 aromatic carbocycles. The van der Waals surface area contributed by atoms with E-state index < -0.39 is 0 Å². The van der Waals surface area contributed by atoms with Crippen molar-refractivity contribution in [3.8, 4) is 5.69 Å². The second-order valence-electron chi connectivity index (χ2n) is 6.35. The van der Waals surface area contributed by atoms with E-state index in [-0.39, 0.29) is 11.7 Å². The van der Waals surface area contributed by atoms with Gasteiger partial charge in [-0.2, -0.15) is 9.90 Å². The van der Waals surface area contributed by atoms with Gasteiger partial charge < -0.3 is 5.32 Å². The molecule has 0 radical (unpaired) electrons.